The molecule has 0 saturated carbocycles. The van der Waals surface area contributed by atoms with Crippen molar-refractivity contribution in [2.24, 2.45) is 0 Å². The van der Waals surface area contributed by atoms with Gasteiger partial charge in [0.2, 0.25) is 0 Å². The van der Waals surface area contributed by atoms with Gasteiger partial charge in [-0.25, -0.2) is 0 Å². The van der Waals surface area contributed by atoms with E-state index in [-0.39, 0.29) is 0 Å². The minimum atomic E-state index is -0.517. The van der Waals surface area contributed by atoms with Crippen LogP contribution < -0.4 is 5.46 Å². The Balaban J connectivity index is 1.27. The topological polar surface area (TPSA) is 44.2 Å². The molecule has 7 aromatic rings. The highest BCUT2D eigenvalue weighted by atomic mass is 16.7. The molecule has 0 bridgehead atoms. The van der Waals surface area contributed by atoms with E-state index >= 15 is 0 Å². The van der Waals surface area contributed by atoms with Gasteiger partial charge in [0.15, 0.2) is 0 Å². The van der Waals surface area contributed by atoms with E-state index in [1.165, 1.54) is 33.4 Å². The first kappa shape index (κ1) is 34.5. The van der Waals surface area contributed by atoms with E-state index in [9.17, 15) is 0 Å². The van der Waals surface area contributed by atoms with E-state index in [4.69, 9.17) is 9.31 Å². The summed E-state index contributed by atoms with van der Waals surface area (Å²) < 4.78 is 13.4. The molecule has 1 saturated heterocycles. The van der Waals surface area contributed by atoms with Crippen LogP contribution in [-0.2, 0) is 9.31 Å². The molecule has 5 aromatic carbocycles. The molecule has 0 spiro atoms. The first-order valence-corrected chi connectivity index (χ1v) is 18.3. The van der Waals surface area contributed by atoms with Gasteiger partial charge in [0, 0.05) is 23.5 Å². The summed E-state index contributed by atoms with van der Waals surface area (Å²) in [6.45, 7) is 12.8. The first-order chi connectivity index (χ1) is 25.6. The molecule has 2 aromatic heterocycles. The van der Waals surface area contributed by atoms with Gasteiger partial charge >= 0.3 is 7.12 Å². The van der Waals surface area contributed by atoms with Crippen molar-refractivity contribution in [3.63, 3.8) is 0 Å². The molecule has 5 heteroatoms. The zero-order valence-electron chi connectivity index (χ0n) is 31.2. The Kier molecular flexibility index (Phi) is 8.94. The molecule has 0 aliphatic carbocycles. The van der Waals surface area contributed by atoms with Gasteiger partial charge in [0.1, 0.15) is 0 Å². The third-order valence-electron chi connectivity index (χ3n) is 10.9. The number of aryl methyl sites for hydroxylation is 2. The Labute approximate surface area is 313 Å². The van der Waals surface area contributed by atoms with E-state index in [1.807, 2.05) is 36.7 Å². The number of nitrogens with zero attached hydrogens (tertiary/aromatic N) is 2. The van der Waals surface area contributed by atoms with Crippen LogP contribution in [0, 0.1) is 13.8 Å². The number of benzene rings is 5. The van der Waals surface area contributed by atoms with Crippen molar-refractivity contribution in [3.8, 4) is 67.0 Å². The standard InChI is InChI=1S/C48H43BN2O2/c1-32-27-34(45-19-11-13-25-50-45)21-23-39(32)43-17-9-7-15-41(43)36-29-37(31-38(30-36)49-52-47(3,4)48(5,6)53-49)42-16-8-10-18-44(42)40-24-22-35(28-33(40)2)46-20-12-14-26-51-46/h7-31H,1-6H3. The molecule has 0 radical (unpaired) electrons. The molecule has 1 fully saturated rings. The molecule has 53 heavy (non-hydrogen) atoms. The summed E-state index contributed by atoms with van der Waals surface area (Å²) >= 11 is 0. The SMILES string of the molecule is Cc1cc(-c2ccccn2)ccc1-c1ccccc1-c1cc(B2OC(C)(C)C(C)(C)O2)cc(-c2ccccc2-c2ccc(-c3ccccn3)cc2C)c1. The van der Waals surface area contributed by atoms with Crippen molar-refractivity contribution >= 4 is 12.6 Å². The van der Waals surface area contributed by atoms with Crippen LogP contribution in [0.4, 0.5) is 0 Å². The Morgan fingerprint density at radius 2 is 0.830 bits per heavy atom. The second-order valence-corrected chi connectivity index (χ2v) is 15.0. The zero-order valence-corrected chi connectivity index (χ0v) is 31.2. The largest absolute Gasteiger partial charge is 0.494 e. The van der Waals surface area contributed by atoms with Crippen molar-refractivity contribution in [1.29, 1.82) is 0 Å². The lowest BCUT2D eigenvalue weighted by molar-refractivity contribution is 0.00578. The Morgan fingerprint density at radius 1 is 0.415 bits per heavy atom. The smallest absolute Gasteiger partial charge is 0.399 e. The fourth-order valence-corrected chi connectivity index (χ4v) is 7.33. The predicted molar refractivity (Wildman–Crippen MR) is 220 cm³/mol. The summed E-state index contributed by atoms with van der Waals surface area (Å²) in [6, 6.07) is 49.5. The average molecular weight is 691 g/mol. The van der Waals surface area contributed by atoms with Crippen molar-refractivity contribution in [3.05, 3.63) is 163 Å². The van der Waals surface area contributed by atoms with Gasteiger partial charge in [0.25, 0.3) is 0 Å². The molecule has 0 unspecified atom stereocenters. The van der Waals surface area contributed by atoms with Crippen LogP contribution in [0.3, 0.4) is 0 Å². The van der Waals surface area contributed by atoms with Gasteiger partial charge < -0.3 is 9.31 Å². The van der Waals surface area contributed by atoms with E-state index < -0.39 is 18.3 Å². The molecular weight excluding hydrogens is 647 g/mol. The molecule has 0 amide bonds. The third kappa shape index (κ3) is 6.63. The van der Waals surface area contributed by atoms with Crippen molar-refractivity contribution in [2.75, 3.05) is 0 Å². The van der Waals surface area contributed by atoms with E-state index in [1.54, 1.807) is 0 Å². The maximum Gasteiger partial charge on any atom is 0.494 e. The van der Waals surface area contributed by atoms with E-state index in [0.29, 0.717) is 0 Å². The molecule has 0 N–H and O–H groups in total. The lowest BCUT2D eigenvalue weighted by atomic mass is 9.75. The molecule has 4 nitrogen and oxygen atoms in total. The normalized spacial score (nSPS) is 14.7. The van der Waals surface area contributed by atoms with Crippen molar-refractivity contribution in [2.45, 2.75) is 52.7 Å². The van der Waals surface area contributed by atoms with E-state index in [2.05, 4.69) is 167 Å². The van der Waals surface area contributed by atoms with Crippen molar-refractivity contribution in [1.82, 2.24) is 9.97 Å². The van der Waals surface area contributed by atoms with Gasteiger partial charge in [-0.15, -0.1) is 0 Å². The lowest BCUT2D eigenvalue weighted by Crippen LogP contribution is -2.41. The Hall–Kier alpha value is -5.62. The van der Waals surface area contributed by atoms with Crippen molar-refractivity contribution < 1.29 is 9.31 Å². The third-order valence-corrected chi connectivity index (χ3v) is 10.9. The highest BCUT2D eigenvalue weighted by Crippen LogP contribution is 2.41. The lowest BCUT2D eigenvalue weighted by Gasteiger charge is -2.32. The number of rotatable bonds is 7. The first-order valence-electron chi connectivity index (χ1n) is 18.3. The molecule has 3 heterocycles. The van der Waals surface area contributed by atoms with Gasteiger partial charge in [-0.1, -0.05) is 97.1 Å². The van der Waals surface area contributed by atoms with E-state index in [0.717, 1.165) is 50.2 Å². The van der Waals surface area contributed by atoms with Gasteiger partial charge in [-0.3, -0.25) is 9.97 Å². The molecule has 1 aliphatic rings. The van der Waals surface area contributed by atoms with Gasteiger partial charge in [-0.2, -0.15) is 0 Å². The number of hydrogen-bond donors (Lipinski definition) is 0. The number of hydrogen-bond acceptors (Lipinski definition) is 4. The fourth-order valence-electron chi connectivity index (χ4n) is 7.33. The fraction of sp³-hybridized carbons (Fsp3) is 0.167. The van der Waals surface area contributed by atoms with Crippen LogP contribution in [-0.4, -0.2) is 28.3 Å². The highest BCUT2D eigenvalue weighted by molar-refractivity contribution is 6.62. The summed E-state index contributed by atoms with van der Waals surface area (Å²) in [7, 11) is -0.517. The quantitative estimate of drug-likeness (QED) is 0.156. The minimum absolute atomic E-state index is 0.470. The van der Waals surface area contributed by atoms with Crippen LogP contribution in [0.25, 0.3) is 67.0 Å². The van der Waals surface area contributed by atoms with Gasteiger partial charge in [-0.05, 0) is 145 Å². The molecule has 260 valence electrons. The monoisotopic (exact) mass is 690 g/mol. The second kappa shape index (κ2) is 13.7. The maximum atomic E-state index is 6.68. The Bertz CT molecular complexity index is 2270. The number of pyridine rings is 2. The molecular formula is C48H43BN2O2. The van der Waals surface area contributed by atoms with Gasteiger partial charge in [0.05, 0.1) is 22.6 Å². The summed E-state index contributed by atoms with van der Waals surface area (Å²) in [4.78, 5) is 9.18. The van der Waals surface area contributed by atoms with Crippen LogP contribution >= 0.6 is 0 Å². The summed E-state index contributed by atoms with van der Waals surface area (Å²) in [5, 5.41) is 0. The minimum Gasteiger partial charge on any atom is -0.399 e. The molecule has 0 atom stereocenters. The Morgan fingerprint density at radius 3 is 1.23 bits per heavy atom. The predicted octanol–water partition coefficient (Wildman–Crippen LogP) is 11.4. The molecule has 8 rings (SSSR count). The van der Waals surface area contributed by atoms with Crippen LogP contribution in [0.1, 0.15) is 38.8 Å². The summed E-state index contributed by atoms with van der Waals surface area (Å²) in [6.07, 6.45) is 3.68. The molecule has 1 aliphatic heterocycles. The summed E-state index contributed by atoms with van der Waals surface area (Å²) in [5.41, 5.74) is 15.8. The van der Waals surface area contributed by atoms with Crippen LogP contribution in [0.5, 0.6) is 0 Å². The maximum absolute atomic E-state index is 6.68. The van der Waals surface area contributed by atoms with Crippen LogP contribution in [0.2, 0.25) is 0 Å². The highest BCUT2D eigenvalue weighted by Gasteiger charge is 2.51. The summed E-state index contributed by atoms with van der Waals surface area (Å²) in [5.74, 6) is 0. The number of aromatic nitrogens is 2. The van der Waals surface area contributed by atoms with Crippen LogP contribution in [0.15, 0.2) is 152 Å². The average Bonchev–Trinajstić information content (AvgIpc) is 3.41. The second-order valence-electron chi connectivity index (χ2n) is 15.0. The zero-order chi connectivity index (χ0) is 36.7.